The van der Waals surface area contributed by atoms with Crippen LogP contribution in [0.4, 0.5) is 0 Å². The first kappa shape index (κ1) is 11.8. The minimum atomic E-state index is 0.873. The summed E-state index contributed by atoms with van der Waals surface area (Å²) in [5, 5.41) is 0. The Labute approximate surface area is 96.0 Å². The molecule has 0 saturated heterocycles. The van der Waals surface area contributed by atoms with Crippen LogP contribution < -0.4 is 5.73 Å². The lowest BCUT2D eigenvalue weighted by atomic mass is 9.94. The summed E-state index contributed by atoms with van der Waals surface area (Å²) in [7, 11) is 0. The van der Waals surface area contributed by atoms with Crippen molar-refractivity contribution in [1.82, 2.24) is 0 Å². The summed E-state index contributed by atoms with van der Waals surface area (Å²) >= 11 is 2.50. The summed E-state index contributed by atoms with van der Waals surface area (Å²) in [6, 6.07) is 0. The Hall–Kier alpha value is 0.690. The molecule has 0 bridgehead atoms. The summed E-state index contributed by atoms with van der Waals surface area (Å²) in [4.78, 5) is 0. The molecule has 13 heavy (non-hydrogen) atoms. The zero-order chi connectivity index (χ0) is 9.52. The Morgan fingerprint density at radius 1 is 1.23 bits per heavy atom. The van der Waals surface area contributed by atoms with Crippen molar-refractivity contribution >= 4 is 22.6 Å². The highest BCUT2D eigenvalue weighted by molar-refractivity contribution is 14.1. The van der Waals surface area contributed by atoms with Gasteiger partial charge in [0.15, 0.2) is 0 Å². The first-order chi connectivity index (χ1) is 6.36. The van der Waals surface area contributed by atoms with Crippen molar-refractivity contribution in [3.8, 4) is 0 Å². The third-order valence-corrected chi connectivity index (χ3v) is 4.50. The lowest BCUT2D eigenvalue weighted by Crippen LogP contribution is -2.11. The van der Waals surface area contributed by atoms with Crippen LogP contribution >= 0.6 is 22.6 Å². The van der Waals surface area contributed by atoms with Gasteiger partial charge in [-0.25, -0.2) is 0 Å². The van der Waals surface area contributed by atoms with E-state index < -0.39 is 0 Å². The largest absolute Gasteiger partial charge is 0.330 e. The molecule has 1 unspecified atom stereocenters. The van der Waals surface area contributed by atoms with Crippen molar-refractivity contribution in [3.63, 3.8) is 0 Å². The minimum Gasteiger partial charge on any atom is -0.330 e. The fourth-order valence-corrected chi connectivity index (χ4v) is 3.19. The summed E-state index contributed by atoms with van der Waals surface area (Å²) in [5.74, 6) is 1.95. The summed E-state index contributed by atoms with van der Waals surface area (Å²) in [6.45, 7) is 0.873. The van der Waals surface area contributed by atoms with Gasteiger partial charge in [0.2, 0.25) is 0 Å². The molecule has 2 heteroatoms. The molecule has 1 saturated carbocycles. The molecule has 0 spiro atoms. The van der Waals surface area contributed by atoms with Gasteiger partial charge in [-0.1, -0.05) is 54.7 Å². The van der Waals surface area contributed by atoms with Gasteiger partial charge in [-0.2, -0.15) is 0 Å². The fourth-order valence-electron chi connectivity index (χ4n) is 2.30. The van der Waals surface area contributed by atoms with E-state index in [2.05, 4.69) is 22.6 Å². The van der Waals surface area contributed by atoms with Crippen LogP contribution in [-0.2, 0) is 0 Å². The Kier molecular flexibility index (Phi) is 6.37. The van der Waals surface area contributed by atoms with Gasteiger partial charge < -0.3 is 5.73 Å². The standard InChI is InChI=1S/C11H22IN/c12-9-11(7-8-13)6-5-10-3-1-2-4-10/h10-11H,1-9,13H2. The summed E-state index contributed by atoms with van der Waals surface area (Å²) < 4.78 is 1.29. The van der Waals surface area contributed by atoms with E-state index in [4.69, 9.17) is 5.73 Å². The van der Waals surface area contributed by atoms with Gasteiger partial charge in [0, 0.05) is 4.43 Å². The Morgan fingerprint density at radius 2 is 1.92 bits per heavy atom. The van der Waals surface area contributed by atoms with E-state index in [0.29, 0.717) is 0 Å². The Balaban J connectivity index is 2.07. The third kappa shape index (κ3) is 4.63. The molecular formula is C11H22IN. The molecule has 0 aromatic rings. The molecule has 0 aliphatic heterocycles. The lowest BCUT2D eigenvalue weighted by Gasteiger charge is -2.15. The number of hydrogen-bond acceptors (Lipinski definition) is 1. The highest BCUT2D eigenvalue weighted by atomic mass is 127. The second-order valence-electron chi connectivity index (χ2n) is 4.33. The number of nitrogens with two attached hydrogens (primary N) is 1. The number of rotatable bonds is 6. The van der Waals surface area contributed by atoms with Crippen LogP contribution in [-0.4, -0.2) is 11.0 Å². The zero-order valence-electron chi connectivity index (χ0n) is 8.47. The molecule has 1 rings (SSSR count). The highest BCUT2D eigenvalue weighted by Gasteiger charge is 2.16. The van der Waals surface area contributed by atoms with Gasteiger partial charge >= 0.3 is 0 Å². The Morgan fingerprint density at radius 3 is 2.46 bits per heavy atom. The van der Waals surface area contributed by atoms with Gasteiger partial charge in [-0.3, -0.25) is 0 Å². The van der Waals surface area contributed by atoms with Crippen LogP contribution in [0.5, 0.6) is 0 Å². The van der Waals surface area contributed by atoms with Gasteiger partial charge in [0.25, 0.3) is 0 Å². The van der Waals surface area contributed by atoms with Gasteiger partial charge in [0.05, 0.1) is 0 Å². The second-order valence-corrected chi connectivity index (χ2v) is 5.21. The van der Waals surface area contributed by atoms with E-state index in [-0.39, 0.29) is 0 Å². The predicted octanol–water partition coefficient (Wildman–Crippen LogP) is 3.36. The molecular weight excluding hydrogens is 273 g/mol. The molecule has 1 nitrogen and oxygen atoms in total. The van der Waals surface area contributed by atoms with Gasteiger partial charge in [0.1, 0.15) is 0 Å². The smallest absolute Gasteiger partial charge is 0.00241 e. The molecule has 0 heterocycles. The molecule has 2 N–H and O–H groups in total. The number of alkyl halides is 1. The molecule has 0 radical (unpaired) electrons. The quantitative estimate of drug-likeness (QED) is 0.590. The van der Waals surface area contributed by atoms with E-state index in [0.717, 1.165) is 18.4 Å². The van der Waals surface area contributed by atoms with Crippen molar-refractivity contribution in [2.45, 2.75) is 44.9 Å². The molecule has 1 aliphatic carbocycles. The first-order valence-electron chi connectivity index (χ1n) is 5.62. The zero-order valence-corrected chi connectivity index (χ0v) is 10.6. The fraction of sp³-hybridized carbons (Fsp3) is 1.00. The average Bonchev–Trinajstić information content (AvgIpc) is 2.64. The van der Waals surface area contributed by atoms with Crippen molar-refractivity contribution in [2.24, 2.45) is 17.6 Å². The summed E-state index contributed by atoms with van der Waals surface area (Å²) in [5.41, 5.74) is 5.59. The van der Waals surface area contributed by atoms with Crippen molar-refractivity contribution in [2.75, 3.05) is 11.0 Å². The average molecular weight is 295 g/mol. The normalized spacial score (nSPS) is 20.8. The van der Waals surface area contributed by atoms with Crippen LogP contribution in [0.2, 0.25) is 0 Å². The highest BCUT2D eigenvalue weighted by Crippen LogP contribution is 2.30. The van der Waals surface area contributed by atoms with Crippen LogP contribution in [0.1, 0.15) is 44.9 Å². The lowest BCUT2D eigenvalue weighted by molar-refractivity contribution is 0.410. The summed E-state index contributed by atoms with van der Waals surface area (Å²) in [6.07, 6.45) is 10.1. The Bertz CT molecular complexity index is 121. The van der Waals surface area contributed by atoms with Crippen molar-refractivity contribution < 1.29 is 0 Å². The number of hydrogen-bond donors (Lipinski definition) is 1. The van der Waals surface area contributed by atoms with Crippen LogP contribution in [0.25, 0.3) is 0 Å². The molecule has 0 amide bonds. The number of halogens is 1. The molecule has 0 aromatic carbocycles. The maximum Gasteiger partial charge on any atom is 0.00241 e. The van der Waals surface area contributed by atoms with E-state index in [1.165, 1.54) is 49.4 Å². The van der Waals surface area contributed by atoms with E-state index in [1.807, 2.05) is 0 Å². The van der Waals surface area contributed by atoms with E-state index in [1.54, 1.807) is 0 Å². The third-order valence-electron chi connectivity index (χ3n) is 3.25. The van der Waals surface area contributed by atoms with Crippen LogP contribution in [0.3, 0.4) is 0 Å². The van der Waals surface area contributed by atoms with E-state index >= 15 is 0 Å². The maximum atomic E-state index is 5.59. The van der Waals surface area contributed by atoms with Crippen LogP contribution in [0.15, 0.2) is 0 Å². The minimum absolute atomic E-state index is 0.873. The van der Waals surface area contributed by atoms with Crippen molar-refractivity contribution in [3.05, 3.63) is 0 Å². The molecule has 1 atom stereocenters. The molecule has 78 valence electrons. The SMILES string of the molecule is NCCC(CI)CCC1CCCC1. The topological polar surface area (TPSA) is 26.0 Å². The van der Waals surface area contributed by atoms with E-state index in [9.17, 15) is 0 Å². The maximum absolute atomic E-state index is 5.59. The van der Waals surface area contributed by atoms with Crippen LogP contribution in [0, 0.1) is 11.8 Å². The van der Waals surface area contributed by atoms with Gasteiger partial charge in [-0.15, -0.1) is 0 Å². The molecule has 0 aromatic heterocycles. The predicted molar refractivity (Wildman–Crippen MR) is 67.2 cm³/mol. The molecule has 1 fully saturated rings. The van der Waals surface area contributed by atoms with Gasteiger partial charge in [-0.05, 0) is 31.2 Å². The van der Waals surface area contributed by atoms with Crippen molar-refractivity contribution in [1.29, 1.82) is 0 Å². The molecule has 1 aliphatic rings. The second kappa shape index (κ2) is 7.04. The first-order valence-corrected chi connectivity index (χ1v) is 7.15. The monoisotopic (exact) mass is 295 g/mol.